The maximum absolute atomic E-state index is 12.4. The van der Waals surface area contributed by atoms with Crippen molar-refractivity contribution in [2.75, 3.05) is 31.1 Å². The van der Waals surface area contributed by atoms with Crippen LogP contribution in [0, 0.1) is 5.92 Å². The molecule has 0 radical (unpaired) electrons. The van der Waals surface area contributed by atoms with Gasteiger partial charge in [-0.05, 0) is 51.0 Å². The number of anilines is 1. The molecule has 3 fully saturated rings. The summed E-state index contributed by atoms with van der Waals surface area (Å²) in [4.78, 5) is 26.3. The number of carbonyl (C=O) groups excluding carboxylic acids is 1. The van der Waals surface area contributed by atoms with Crippen LogP contribution in [-0.2, 0) is 4.79 Å². The molecule has 6 heteroatoms. The Labute approximate surface area is 162 Å². The molecule has 1 N–H and O–H groups in total. The maximum atomic E-state index is 12.4. The third-order valence-electron chi connectivity index (χ3n) is 6.32. The van der Waals surface area contributed by atoms with E-state index in [1.165, 1.54) is 12.8 Å². The smallest absolute Gasteiger partial charge is 0.224 e. The van der Waals surface area contributed by atoms with Crippen LogP contribution < -0.4 is 10.2 Å². The first kappa shape index (κ1) is 18.7. The van der Waals surface area contributed by atoms with E-state index in [9.17, 15) is 4.79 Å². The second-order valence-electron chi connectivity index (χ2n) is 8.79. The molecule has 0 spiro atoms. The van der Waals surface area contributed by atoms with Crippen LogP contribution in [0.4, 0.5) is 5.82 Å². The molecule has 1 saturated carbocycles. The number of nitrogens with zero attached hydrogens (tertiary/aromatic N) is 4. The normalized spacial score (nSPS) is 25.0. The Bertz CT molecular complexity index is 652. The van der Waals surface area contributed by atoms with Crippen LogP contribution in [0.3, 0.4) is 0 Å². The highest BCUT2D eigenvalue weighted by molar-refractivity contribution is 5.79. The summed E-state index contributed by atoms with van der Waals surface area (Å²) in [6.45, 7) is 8.50. The van der Waals surface area contributed by atoms with Crippen LogP contribution in [0.1, 0.15) is 64.0 Å². The molecule has 2 saturated heterocycles. The fourth-order valence-corrected chi connectivity index (χ4v) is 4.41. The molecule has 3 heterocycles. The number of hydrogen-bond acceptors (Lipinski definition) is 5. The van der Waals surface area contributed by atoms with Crippen LogP contribution in [0.15, 0.2) is 12.4 Å². The largest absolute Gasteiger partial charge is 0.356 e. The molecular formula is C21H33N5O. The van der Waals surface area contributed by atoms with Gasteiger partial charge in [-0.15, -0.1) is 0 Å². The van der Waals surface area contributed by atoms with Gasteiger partial charge in [0.1, 0.15) is 12.1 Å². The average molecular weight is 372 g/mol. The lowest BCUT2D eigenvalue weighted by molar-refractivity contribution is -0.127. The first-order chi connectivity index (χ1) is 13.1. The van der Waals surface area contributed by atoms with Crippen molar-refractivity contribution in [3.63, 3.8) is 0 Å². The summed E-state index contributed by atoms with van der Waals surface area (Å²) in [5.41, 5.74) is 1.11. The number of likely N-dealkylation sites (tertiary alicyclic amines) is 1. The first-order valence-corrected chi connectivity index (χ1v) is 10.7. The molecule has 0 bridgehead atoms. The number of piperidine rings is 2. The van der Waals surface area contributed by atoms with Crippen molar-refractivity contribution in [1.29, 1.82) is 0 Å². The van der Waals surface area contributed by atoms with Crippen LogP contribution >= 0.6 is 0 Å². The highest BCUT2D eigenvalue weighted by Gasteiger charge is 2.33. The number of amides is 1. The second kappa shape index (κ2) is 8.13. The summed E-state index contributed by atoms with van der Waals surface area (Å²) in [5, 5.41) is 3.20. The van der Waals surface area contributed by atoms with E-state index in [4.69, 9.17) is 0 Å². The molecule has 4 rings (SSSR count). The zero-order valence-electron chi connectivity index (χ0n) is 16.7. The average Bonchev–Trinajstić information content (AvgIpc) is 3.52. The summed E-state index contributed by atoms with van der Waals surface area (Å²) in [6.07, 6.45) is 8.53. The van der Waals surface area contributed by atoms with Crippen molar-refractivity contribution in [2.45, 2.75) is 70.4 Å². The maximum Gasteiger partial charge on any atom is 0.224 e. The highest BCUT2D eigenvalue weighted by Crippen LogP contribution is 2.27. The molecule has 1 aliphatic carbocycles. The molecule has 0 aromatic carbocycles. The van der Waals surface area contributed by atoms with Gasteiger partial charge in [0.2, 0.25) is 5.91 Å². The monoisotopic (exact) mass is 371 g/mol. The van der Waals surface area contributed by atoms with E-state index in [1.807, 2.05) is 0 Å². The summed E-state index contributed by atoms with van der Waals surface area (Å²) in [7, 11) is 0. The van der Waals surface area contributed by atoms with Gasteiger partial charge in [0, 0.05) is 43.5 Å². The lowest BCUT2D eigenvalue weighted by atomic mass is 9.93. The minimum absolute atomic E-state index is 0.188. The number of aromatic nitrogens is 2. The van der Waals surface area contributed by atoms with E-state index in [0.717, 1.165) is 63.4 Å². The molecule has 1 amide bonds. The standard InChI is InChI=1S/C21H33N5O/c1-15(2)19-12-20(23-14-22-19)25-10-7-18(8-11-25)26-9-3-4-16(13-26)21(27)24-17-5-6-17/h12,14-18H,3-11,13H2,1-2H3,(H,24,27). The predicted octanol–water partition coefficient (Wildman–Crippen LogP) is 2.56. The van der Waals surface area contributed by atoms with E-state index in [1.54, 1.807) is 6.33 Å². The van der Waals surface area contributed by atoms with Crippen molar-refractivity contribution >= 4 is 11.7 Å². The summed E-state index contributed by atoms with van der Waals surface area (Å²) in [5.74, 6) is 1.97. The number of carbonyl (C=O) groups is 1. The second-order valence-corrected chi connectivity index (χ2v) is 8.79. The van der Waals surface area contributed by atoms with Crippen molar-refractivity contribution < 1.29 is 4.79 Å². The van der Waals surface area contributed by atoms with Gasteiger partial charge >= 0.3 is 0 Å². The van der Waals surface area contributed by atoms with Crippen LogP contribution in [-0.4, -0.2) is 59.0 Å². The fourth-order valence-electron chi connectivity index (χ4n) is 4.41. The Morgan fingerprint density at radius 3 is 2.59 bits per heavy atom. The molecule has 1 unspecified atom stereocenters. The van der Waals surface area contributed by atoms with Gasteiger partial charge in [0.05, 0.1) is 5.92 Å². The van der Waals surface area contributed by atoms with E-state index < -0.39 is 0 Å². The number of hydrogen-bond donors (Lipinski definition) is 1. The topological polar surface area (TPSA) is 61.4 Å². The third kappa shape index (κ3) is 4.60. The third-order valence-corrected chi connectivity index (χ3v) is 6.32. The van der Waals surface area contributed by atoms with Crippen molar-refractivity contribution in [1.82, 2.24) is 20.2 Å². The molecular weight excluding hydrogens is 338 g/mol. The lowest BCUT2D eigenvalue weighted by Gasteiger charge is -2.42. The van der Waals surface area contributed by atoms with Crippen LogP contribution in [0.2, 0.25) is 0 Å². The Morgan fingerprint density at radius 1 is 1.11 bits per heavy atom. The van der Waals surface area contributed by atoms with E-state index in [2.05, 4.69) is 45.0 Å². The first-order valence-electron chi connectivity index (χ1n) is 10.7. The SMILES string of the molecule is CC(C)c1cc(N2CCC(N3CCCC(C(=O)NC4CC4)C3)CC2)ncn1. The molecule has 1 aromatic heterocycles. The van der Waals surface area contributed by atoms with Crippen LogP contribution in [0.5, 0.6) is 0 Å². The quantitative estimate of drug-likeness (QED) is 0.862. The van der Waals surface area contributed by atoms with E-state index in [-0.39, 0.29) is 5.92 Å². The molecule has 148 valence electrons. The van der Waals surface area contributed by atoms with Crippen molar-refractivity contribution in [3.05, 3.63) is 18.1 Å². The van der Waals surface area contributed by atoms with Crippen LogP contribution in [0.25, 0.3) is 0 Å². The van der Waals surface area contributed by atoms with Gasteiger partial charge in [-0.2, -0.15) is 0 Å². The van der Waals surface area contributed by atoms with Gasteiger partial charge in [-0.25, -0.2) is 9.97 Å². The molecule has 2 aliphatic heterocycles. The Balaban J connectivity index is 1.30. The van der Waals surface area contributed by atoms with Crippen molar-refractivity contribution in [3.8, 4) is 0 Å². The van der Waals surface area contributed by atoms with E-state index in [0.29, 0.717) is 23.9 Å². The van der Waals surface area contributed by atoms with Gasteiger partial charge in [0.25, 0.3) is 0 Å². The van der Waals surface area contributed by atoms with Gasteiger partial charge in [-0.1, -0.05) is 13.8 Å². The molecule has 6 nitrogen and oxygen atoms in total. The number of nitrogens with one attached hydrogen (secondary N) is 1. The number of rotatable bonds is 5. The Kier molecular flexibility index (Phi) is 5.62. The Hall–Kier alpha value is -1.69. The van der Waals surface area contributed by atoms with Crippen molar-refractivity contribution in [2.24, 2.45) is 5.92 Å². The summed E-state index contributed by atoms with van der Waals surface area (Å²) >= 11 is 0. The van der Waals surface area contributed by atoms with Gasteiger partial charge in [0.15, 0.2) is 0 Å². The predicted molar refractivity (Wildman–Crippen MR) is 107 cm³/mol. The summed E-state index contributed by atoms with van der Waals surface area (Å²) in [6, 6.07) is 3.22. The fraction of sp³-hybridized carbons (Fsp3) is 0.762. The molecule has 3 aliphatic rings. The highest BCUT2D eigenvalue weighted by atomic mass is 16.2. The Morgan fingerprint density at radius 2 is 1.89 bits per heavy atom. The zero-order chi connectivity index (χ0) is 18.8. The summed E-state index contributed by atoms with van der Waals surface area (Å²) < 4.78 is 0. The molecule has 1 atom stereocenters. The molecule has 27 heavy (non-hydrogen) atoms. The lowest BCUT2D eigenvalue weighted by Crippen LogP contribution is -2.51. The molecule has 1 aromatic rings. The van der Waals surface area contributed by atoms with Gasteiger partial charge < -0.3 is 10.2 Å². The minimum Gasteiger partial charge on any atom is -0.356 e. The zero-order valence-corrected chi connectivity index (χ0v) is 16.7. The minimum atomic E-state index is 0.188. The van der Waals surface area contributed by atoms with Gasteiger partial charge in [-0.3, -0.25) is 9.69 Å². The van der Waals surface area contributed by atoms with E-state index >= 15 is 0 Å².